The number of pyridine rings is 1. The van der Waals surface area contributed by atoms with E-state index in [1.54, 1.807) is 23.1 Å². The third kappa shape index (κ3) is 4.28. The van der Waals surface area contributed by atoms with E-state index in [1.165, 1.54) is 25.2 Å². The Hall–Kier alpha value is -3.39. The second-order valence-electron chi connectivity index (χ2n) is 7.11. The number of hydrogen-bond acceptors (Lipinski definition) is 5. The number of carbonyl (C=O) groups excluding carboxylic acids is 1. The lowest BCUT2D eigenvalue weighted by Gasteiger charge is -2.32. The first-order valence-corrected chi connectivity index (χ1v) is 9.66. The highest BCUT2D eigenvalue weighted by molar-refractivity contribution is 5.92. The molecule has 1 atom stereocenters. The summed E-state index contributed by atoms with van der Waals surface area (Å²) < 4.78 is 20.9. The van der Waals surface area contributed by atoms with Crippen LogP contribution in [0.4, 0.5) is 4.39 Å². The lowest BCUT2D eigenvalue weighted by atomic mass is 10.1. The molecule has 3 aromatic rings. The smallest absolute Gasteiger partial charge is 0.274 e. The zero-order valence-corrected chi connectivity index (χ0v) is 16.5. The molecule has 0 saturated carbocycles. The molecule has 7 nitrogen and oxygen atoms in total. The van der Waals surface area contributed by atoms with Crippen LogP contribution in [0.3, 0.4) is 0 Å². The van der Waals surface area contributed by atoms with Crippen molar-refractivity contribution in [2.75, 3.05) is 19.7 Å². The fourth-order valence-electron chi connectivity index (χ4n) is 3.40. The number of nitrogens with zero attached hydrogens (tertiary/aromatic N) is 4. The summed E-state index contributed by atoms with van der Waals surface area (Å²) in [4.78, 5) is 30.6. The number of rotatable bonds is 4. The predicted octanol–water partition coefficient (Wildman–Crippen LogP) is 2.12. The summed E-state index contributed by atoms with van der Waals surface area (Å²) >= 11 is 0. The summed E-state index contributed by atoms with van der Waals surface area (Å²) in [6.07, 6.45) is -0.0199. The van der Waals surface area contributed by atoms with Crippen LogP contribution in [0.25, 0.3) is 0 Å². The first-order valence-electron chi connectivity index (χ1n) is 9.66. The lowest BCUT2D eigenvalue weighted by molar-refractivity contribution is -0.0250. The van der Waals surface area contributed by atoms with Crippen LogP contribution in [0, 0.1) is 5.82 Å². The van der Waals surface area contributed by atoms with E-state index >= 15 is 0 Å². The zero-order chi connectivity index (χ0) is 21.1. The maximum Gasteiger partial charge on any atom is 0.274 e. The first kappa shape index (κ1) is 19.9. The lowest BCUT2D eigenvalue weighted by Crippen LogP contribution is -2.43. The average molecular weight is 408 g/mol. The van der Waals surface area contributed by atoms with Crippen molar-refractivity contribution in [3.05, 3.63) is 93.4 Å². The molecule has 1 aliphatic heterocycles. The number of halogens is 1. The minimum Gasteiger partial charge on any atom is -0.368 e. The molecule has 0 unspecified atom stereocenters. The molecule has 1 saturated heterocycles. The van der Waals surface area contributed by atoms with Crippen molar-refractivity contribution in [2.45, 2.75) is 12.5 Å². The second-order valence-corrected chi connectivity index (χ2v) is 7.11. The van der Waals surface area contributed by atoms with Gasteiger partial charge in [0.05, 0.1) is 18.8 Å². The van der Waals surface area contributed by atoms with Crippen LogP contribution in [0.1, 0.15) is 33.5 Å². The Morgan fingerprint density at radius 3 is 2.80 bits per heavy atom. The monoisotopic (exact) mass is 408 g/mol. The van der Waals surface area contributed by atoms with E-state index in [4.69, 9.17) is 4.74 Å². The maximum absolute atomic E-state index is 14.0. The van der Waals surface area contributed by atoms with Gasteiger partial charge in [-0.25, -0.2) is 9.07 Å². The fraction of sp³-hybridized carbons (Fsp3) is 0.273. The third-order valence-corrected chi connectivity index (χ3v) is 5.02. The van der Waals surface area contributed by atoms with Gasteiger partial charge in [0.25, 0.3) is 11.5 Å². The maximum atomic E-state index is 14.0. The van der Waals surface area contributed by atoms with E-state index < -0.39 is 6.10 Å². The molecular weight excluding hydrogens is 387 g/mol. The highest BCUT2D eigenvalue weighted by Gasteiger charge is 2.28. The fourth-order valence-corrected chi connectivity index (χ4v) is 3.40. The van der Waals surface area contributed by atoms with Crippen LogP contribution in [-0.2, 0) is 18.2 Å². The predicted molar refractivity (Wildman–Crippen MR) is 108 cm³/mol. The standard InChI is InChI=1S/C22H21FN4O3/c1-26-21(28)10-9-19(25-26)22(29)27-11-12-30-20(14-27)18-8-4-6-16(24-18)13-15-5-2-3-7-17(15)23/h2-10,20H,11-14H2,1H3/t20-/m0/s1. The van der Waals surface area contributed by atoms with Gasteiger partial charge in [0.2, 0.25) is 0 Å². The second kappa shape index (κ2) is 8.54. The highest BCUT2D eigenvalue weighted by atomic mass is 19.1. The molecule has 4 rings (SSSR count). The highest BCUT2D eigenvalue weighted by Crippen LogP contribution is 2.22. The van der Waals surface area contributed by atoms with E-state index in [0.717, 1.165) is 10.4 Å². The molecular formula is C22H21FN4O3. The Labute approximate surface area is 172 Å². The normalized spacial score (nSPS) is 16.5. The van der Waals surface area contributed by atoms with Crippen molar-refractivity contribution in [2.24, 2.45) is 7.05 Å². The molecule has 1 amide bonds. The van der Waals surface area contributed by atoms with Gasteiger partial charge in [-0.2, -0.15) is 5.10 Å². The molecule has 2 aromatic heterocycles. The largest absolute Gasteiger partial charge is 0.368 e. The topological polar surface area (TPSA) is 77.3 Å². The van der Waals surface area contributed by atoms with E-state index in [-0.39, 0.29) is 23.0 Å². The number of aromatic nitrogens is 3. The minimum atomic E-state index is -0.393. The van der Waals surface area contributed by atoms with Gasteiger partial charge in [0.1, 0.15) is 17.6 Å². The van der Waals surface area contributed by atoms with Crippen LogP contribution in [0.5, 0.6) is 0 Å². The Morgan fingerprint density at radius 2 is 2.00 bits per heavy atom. The van der Waals surface area contributed by atoms with E-state index in [1.807, 2.05) is 18.2 Å². The van der Waals surface area contributed by atoms with Gasteiger partial charge in [-0.05, 0) is 29.8 Å². The van der Waals surface area contributed by atoms with Gasteiger partial charge < -0.3 is 9.64 Å². The van der Waals surface area contributed by atoms with Gasteiger partial charge in [0, 0.05) is 31.8 Å². The number of benzene rings is 1. The van der Waals surface area contributed by atoms with Gasteiger partial charge in [-0.15, -0.1) is 0 Å². The summed E-state index contributed by atoms with van der Waals surface area (Å²) in [6, 6.07) is 14.9. The van der Waals surface area contributed by atoms with Gasteiger partial charge >= 0.3 is 0 Å². The molecule has 30 heavy (non-hydrogen) atoms. The average Bonchev–Trinajstić information content (AvgIpc) is 2.77. The van der Waals surface area contributed by atoms with Crippen molar-refractivity contribution in [3.8, 4) is 0 Å². The molecule has 3 heterocycles. The molecule has 0 spiro atoms. The van der Waals surface area contributed by atoms with Crippen molar-refractivity contribution >= 4 is 5.91 Å². The SMILES string of the molecule is Cn1nc(C(=O)N2CCO[C@H](c3cccc(Cc4ccccc4F)n3)C2)ccc1=O. The molecule has 154 valence electrons. The van der Waals surface area contributed by atoms with Gasteiger partial charge in [0.15, 0.2) is 0 Å². The summed E-state index contributed by atoms with van der Waals surface area (Å²) in [5, 5.41) is 4.04. The van der Waals surface area contributed by atoms with Crippen molar-refractivity contribution in [3.63, 3.8) is 0 Å². The number of hydrogen-bond donors (Lipinski definition) is 0. The molecule has 1 aromatic carbocycles. The quantitative estimate of drug-likeness (QED) is 0.661. The summed E-state index contributed by atoms with van der Waals surface area (Å²) in [6.45, 7) is 1.11. The van der Waals surface area contributed by atoms with Gasteiger partial charge in [-0.1, -0.05) is 24.3 Å². The van der Waals surface area contributed by atoms with E-state index in [9.17, 15) is 14.0 Å². The van der Waals surface area contributed by atoms with Crippen molar-refractivity contribution in [1.82, 2.24) is 19.7 Å². The Bertz CT molecular complexity index is 1130. The molecule has 1 aliphatic rings. The molecule has 1 fully saturated rings. The van der Waals surface area contributed by atoms with Gasteiger partial charge in [-0.3, -0.25) is 14.6 Å². The Kier molecular flexibility index (Phi) is 5.67. The number of morpholine rings is 1. The van der Waals surface area contributed by atoms with Crippen LogP contribution in [0.15, 0.2) is 59.4 Å². The summed E-state index contributed by atoms with van der Waals surface area (Å²) in [7, 11) is 1.51. The summed E-state index contributed by atoms with van der Waals surface area (Å²) in [5.74, 6) is -0.526. The van der Waals surface area contributed by atoms with Crippen molar-refractivity contribution in [1.29, 1.82) is 0 Å². The van der Waals surface area contributed by atoms with Crippen LogP contribution in [0.2, 0.25) is 0 Å². The van der Waals surface area contributed by atoms with Crippen LogP contribution in [-0.4, -0.2) is 45.3 Å². The van der Waals surface area contributed by atoms with E-state index in [0.29, 0.717) is 37.4 Å². The number of carbonyl (C=O) groups is 1. The minimum absolute atomic E-state index is 0.207. The summed E-state index contributed by atoms with van der Waals surface area (Å²) in [5.41, 5.74) is 1.92. The van der Waals surface area contributed by atoms with Crippen LogP contribution < -0.4 is 5.56 Å². The molecule has 8 heteroatoms. The first-order chi connectivity index (χ1) is 14.5. The third-order valence-electron chi connectivity index (χ3n) is 5.02. The van der Waals surface area contributed by atoms with Crippen LogP contribution >= 0.6 is 0 Å². The van der Waals surface area contributed by atoms with Crippen molar-refractivity contribution < 1.29 is 13.9 Å². The molecule has 0 N–H and O–H groups in total. The molecule has 0 aliphatic carbocycles. The van der Waals surface area contributed by atoms with E-state index in [2.05, 4.69) is 10.1 Å². The Balaban J connectivity index is 1.50. The number of amides is 1. The number of ether oxygens (including phenoxy) is 1. The molecule has 0 bridgehead atoms. The Morgan fingerprint density at radius 1 is 1.17 bits per heavy atom. The molecule has 0 radical (unpaired) electrons. The number of aryl methyl sites for hydroxylation is 1. The zero-order valence-electron chi connectivity index (χ0n) is 16.5.